The number of halogens is 2. The number of benzene rings is 3. The SMILES string of the molecule is COc1ccc(OC)c(C(=O)[C@H]2[C@@H]3C(=O)N(c4cc(Cl)cc(Cl)c4)C(=O)[C@@H]3[C@H]3c4ccccc4C=CN32)c1. The molecule has 0 saturated carbocycles. The van der Waals surface area contributed by atoms with E-state index >= 15 is 0 Å². The second-order valence-electron chi connectivity index (χ2n) is 9.40. The molecule has 0 spiro atoms. The highest BCUT2D eigenvalue weighted by molar-refractivity contribution is 6.36. The summed E-state index contributed by atoms with van der Waals surface area (Å²) in [5, 5.41) is 0.595. The minimum atomic E-state index is -0.952. The molecular weight excluding hydrogens is 527 g/mol. The van der Waals surface area contributed by atoms with E-state index in [9.17, 15) is 14.4 Å². The molecule has 3 aromatic rings. The van der Waals surface area contributed by atoms with Crippen molar-refractivity contribution < 1.29 is 23.9 Å². The largest absolute Gasteiger partial charge is 0.497 e. The van der Waals surface area contributed by atoms with Crippen molar-refractivity contribution in [3.8, 4) is 11.5 Å². The first kappa shape index (κ1) is 24.5. The van der Waals surface area contributed by atoms with Crippen molar-refractivity contribution in [1.82, 2.24) is 4.90 Å². The molecule has 192 valence electrons. The number of rotatable bonds is 5. The van der Waals surface area contributed by atoms with Crippen LogP contribution in [0, 0.1) is 11.8 Å². The van der Waals surface area contributed by atoms with Crippen molar-refractivity contribution in [3.63, 3.8) is 0 Å². The maximum absolute atomic E-state index is 14.3. The second-order valence-corrected chi connectivity index (χ2v) is 10.3. The van der Waals surface area contributed by atoms with Crippen LogP contribution in [0.25, 0.3) is 6.08 Å². The highest BCUT2D eigenvalue weighted by atomic mass is 35.5. The van der Waals surface area contributed by atoms with Crippen molar-refractivity contribution in [2.75, 3.05) is 19.1 Å². The van der Waals surface area contributed by atoms with Gasteiger partial charge in [0.2, 0.25) is 11.8 Å². The topological polar surface area (TPSA) is 76.1 Å². The number of amides is 2. The van der Waals surface area contributed by atoms with Gasteiger partial charge in [0.25, 0.3) is 0 Å². The molecule has 0 aliphatic carbocycles. The monoisotopic (exact) mass is 548 g/mol. The molecule has 3 aliphatic heterocycles. The number of hydrogen-bond acceptors (Lipinski definition) is 6. The number of ketones is 1. The Labute approximate surface area is 229 Å². The zero-order valence-corrected chi connectivity index (χ0v) is 21.9. The van der Waals surface area contributed by atoms with Crippen LogP contribution in [-0.4, -0.2) is 42.8 Å². The van der Waals surface area contributed by atoms with E-state index in [2.05, 4.69) is 0 Å². The first-order valence-electron chi connectivity index (χ1n) is 12.0. The lowest BCUT2D eigenvalue weighted by Gasteiger charge is -2.35. The molecule has 4 atom stereocenters. The molecule has 6 rings (SSSR count). The molecule has 2 fully saturated rings. The average molecular weight is 549 g/mol. The Bertz CT molecular complexity index is 1520. The fraction of sp³-hybridized carbons (Fsp3) is 0.207. The fourth-order valence-electron chi connectivity index (χ4n) is 5.95. The van der Waals surface area contributed by atoms with Crippen LogP contribution in [0.2, 0.25) is 10.0 Å². The van der Waals surface area contributed by atoms with Gasteiger partial charge in [0, 0.05) is 16.2 Å². The predicted octanol–water partition coefficient (Wildman–Crippen LogP) is 5.41. The molecule has 38 heavy (non-hydrogen) atoms. The minimum Gasteiger partial charge on any atom is -0.497 e. The van der Waals surface area contributed by atoms with Crippen LogP contribution in [0.5, 0.6) is 11.5 Å². The number of anilines is 1. The van der Waals surface area contributed by atoms with Gasteiger partial charge in [-0.15, -0.1) is 0 Å². The van der Waals surface area contributed by atoms with Crippen LogP contribution in [0.15, 0.2) is 66.9 Å². The average Bonchev–Trinajstić information content (AvgIpc) is 3.39. The molecule has 0 N–H and O–H groups in total. The van der Waals surface area contributed by atoms with E-state index in [1.807, 2.05) is 41.4 Å². The van der Waals surface area contributed by atoms with E-state index in [0.29, 0.717) is 21.5 Å². The number of ether oxygens (including phenoxy) is 2. The summed E-state index contributed by atoms with van der Waals surface area (Å²) in [5.74, 6) is -2.11. The first-order chi connectivity index (χ1) is 18.3. The Balaban J connectivity index is 1.52. The van der Waals surface area contributed by atoms with Gasteiger partial charge in [0.15, 0.2) is 5.78 Å². The van der Waals surface area contributed by atoms with Crippen LogP contribution in [0.3, 0.4) is 0 Å². The molecule has 2 saturated heterocycles. The lowest BCUT2D eigenvalue weighted by atomic mass is 9.83. The third-order valence-electron chi connectivity index (χ3n) is 7.51. The fourth-order valence-corrected chi connectivity index (χ4v) is 6.46. The summed E-state index contributed by atoms with van der Waals surface area (Å²) in [7, 11) is 2.99. The van der Waals surface area contributed by atoms with E-state index < -0.39 is 35.7 Å². The Kier molecular flexibility index (Phi) is 5.93. The minimum absolute atomic E-state index is 0.271. The first-order valence-corrected chi connectivity index (χ1v) is 12.7. The highest BCUT2D eigenvalue weighted by Gasteiger charge is 2.64. The van der Waals surface area contributed by atoms with Crippen molar-refractivity contribution in [2.24, 2.45) is 11.8 Å². The molecule has 0 radical (unpaired) electrons. The quantitative estimate of drug-likeness (QED) is 0.313. The number of hydrogen-bond donors (Lipinski definition) is 0. The van der Waals surface area contributed by atoms with E-state index in [-0.39, 0.29) is 17.0 Å². The molecule has 3 aliphatic rings. The maximum atomic E-state index is 14.3. The molecule has 9 heteroatoms. The van der Waals surface area contributed by atoms with Gasteiger partial charge in [-0.2, -0.15) is 0 Å². The predicted molar refractivity (Wildman–Crippen MR) is 144 cm³/mol. The number of fused-ring (bicyclic) bond motifs is 5. The molecule has 3 heterocycles. The summed E-state index contributed by atoms with van der Waals surface area (Å²) in [5.41, 5.74) is 2.37. The molecule has 0 unspecified atom stereocenters. The van der Waals surface area contributed by atoms with Crippen LogP contribution in [0.1, 0.15) is 27.5 Å². The molecule has 7 nitrogen and oxygen atoms in total. The smallest absolute Gasteiger partial charge is 0.240 e. The molecule has 0 bridgehead atoms. The Morgan fingerprint density at radius 1 is 0.868 bits per heavy atom. The normalized spacial score (nSPS) is 23.3. The number of carbonyl (C=O) groups is 3. The zero-order valence-electron chi connectivity index (χ0n) is 20.4. The maximum Gasteiger partial charge on any atom is 0.240 e. The third kappa shape index (κ3) is 3.61. The van der Waals surface area contributed by atoms with Gasteiger partial charge in [-0.3, -0.25) is 14.4 Å². The highest BCUT2D eigenvalue weighted by Crippen LogP contribution is 2.54. The van der Waals surface area contributed by atoms with E-state index in [4.69, 9.17) is 32.7 Å². The van der Waals surface area contributed by atoms with Gasteiger partial charge < -0.3 is 14.4 Å². The van der Waals surface area contributed by atoms with Crippen molar-refractivity contribution in [1.29, 1.82) is 0 Å². The molecule has 0 aromatic heterocycles. The van der Waals surface area contributed by atoms with Crippen molar-refractivity contribution in [3.05, 3.63) is 93.6 Å². The van der Waals surface area contributed by atoms with Gasteiger partial charge >= 0.3 is 0 Å². The van der Waals surface area contributed by atoms with Gasteiger partial charge in [0.1, 0.15) is 17.5 Å². The van der Waals surface area contributed by atoms with Crippen molar-refractivity contribution >= 4 is 52.6 Å². The number of carbonyl (C=O) groups excluding carboxylic acids is 3. The van der Waals surface area contributed by atoms with Gasteiger partial charge in [-0.05, 0) is 53.6 Å². The standard InChI is InChI=1S/C29H22Cl2N2O5/c1-37-19-7-8-22(38-2)21(14-19)27(34)26-24-23(25-20-6-4-3-5-15(20)9-10-32(25)26)28(35)33(29(24)36)18-12-16(30)11-17(31)13-18/h3-14,23-26H,1-2H3/t23-,24+,25+,26+/m0/s1. The molecule has 3 aromatic carbocycles. The lowest BCUT2D eigenvalue weighted by Crippen LogP contribution is -2.44. The number of Topliss-reactive ketones (excluding diaryl/α,β-unsaturated/α-hetero) is 1. The van der Waals surface area contributed by atoms with Crippen molar-refractivity contribution in [2.45, 2.75) is 12.1 Å². The summed E-state index contributed by atoms with van der Waals surface area (Å²) in [6, 6.07) is 15.8. The van der Waals surface area contributed by atoms with Crippen LogP contribution >= 0.6 is 23.2 Å². The Morgan fingerprint density at radius 2 is 1.58 bits per heavy atom. The van der Waals surface area contributed by atoms with Crippen LogP contribution < -0.4 is 14.4 Å². The Morgan fingerprint density at radius 3 is 2.29 bits per heavy atom. The third-order valence-corrected chi connectivity index (χ3v) is 7.94. The number of nitrogens with zero attached hydrogens (tertiary/aromatic N) is 2. The summed E-state index contributed by atoms with van der Waals surface area (Å²) in [4.78, 5) is 45.3. The summed E-state index contributed by atoms with van der Waals surface area (Å²) >= 11 is 12.4. The summed E-state index contributed by atoms with van der Waals surface area (Å²) in [6.45, 7) is 0. The Hall–Kier alpha value is -3.81. The number of methoxy groups -OCH3 is 2. The number of imide groups is 1. The van der Waals surface area contributed by atoms with E-state index in [0.717, 1.165) is 16.0 Å². The van der Waals surface area contributed by atoms with Gasteiger partial charge in [-0.25, -0.2) is 4.90 Å². The summed E-state index contributed by atoms with van der Waals surface area (Å²) in [6.07, 6.45) is 3.71. The molecule has 2 amide bonds. The van der Waals surface area contributed by atoms with Gasteiger partial charge in [0.05, 0.1) is 43.3 Å². The van der Waals surface area contributed by atoms with Gasteiger partial charge in [-0.1, -0.05) is 47.5 Å². The van der Waals surface area contributed by atoms with E-state index in [1.165, 1.54) is 32.4 Å². The second kappa shape index (κ2) is 9.19. The molecular formula is C29H22Cl2N2O5. The lowest BCUT2D eigenvalue weighted by molar-refractivity contribution is -0.123. The van der Waals surface area contributed by atoms with Crippen LogP contribution in [0.4, 0.5) is 5.69 Å². The van der Waals surface area contributed by atoms with Crippen LogP contribution in [-0.2, 0) is 9.59 Å². The summed E-state index contributed by atoms with van der Waals surface area (Å²) < 4.78 is 10.8. The zero-order chi connectivity index (χ0) is 26.7. The van der Waals surface area contributed by atoms with E-state index in [1.54, 1.807) is 18.2 Å².